The van der Waals surface area contributed by atoms with Crippen molar-refractivity contribution < 1.29 is 0 Å². The summed E-state index contributed by atoms with van der Waals surface area (Å²) in [6.45, 7) is 4.02. The number of para-hydroxylation sites is 1. The Kier molecular flexibility index (Phi) is 3.57. The fourth-order valence-corrected chi connectivity index (χ4v) is 2.97. The molecule has 3 rings (SSSR count). The van der Waals surface area contributed by atoms with Gasteiger partial charge >= 0.3 is 0 Å². The second-order valence-electron chi connectivity index (χ2n) is 4.86. The summed E-state index contributed by atoms with van der Waals surface area (Å²) >= 11 is 9.93. The van der Waals surface area contributed by atoms with Crippen LogP contribution in [0.3, 0.4) is 0 Å². The van der Waals surface area contributed by atoms with E-state index >= 15 is 0 Å². The summed E-state index contributed by atoms with van der Waals surface area (Å²) in [6, 6.07) is 14.4. The Morgan fingerprint density at radius 1 is 1.20 bits per heavy atom. The average Bonchev–Trinajstić information content (AvgIpc) is 2.78. The van der Waals surface area contributed by atoms with Gasteiger partial charge in [0.25, 0.3) is 0 Å². The van der Waals surface area contributed by atoms with E-state index in [0.29, 0.717) is 0 Å². The highest BCUT2D eigenvalue weighted by Crippen LogP contribution is 2.31. The van der Waals surface area contributed by atoms with E-state index in [1.807, 2.05) is 25.1 Å². The van der Waals surface area contributed by atoms with Gasteiger partial charge in [0.05, 0.1) is 22.1 Å². The Balaban J connectivity index is 2.38. The number of benzene rings is 2. The first-order chi connectivity index (χ1) is 9.58. The second kappa shape index (κ2) is 5.23. The van der Waals surface area contributed by atoms with E-state index < -0.39 is 0 Å². The third-order valence-corrected chi connectivity index (χ3v) is 4.15. The van der Waals surface area contributed by atoms with Crippen LogP contribution in [-0.4, -0.2) is 9.55 Å². The Morgan fingerprint density at radius 2 is 1.95 bits per heavy atom. The van der Waals surface area contributed by atoms with E-state index in [4.69, 9.17) is 16.6 Å². The maximum absolute atomic E-state index is 6.32. The highest BCUT2D eigenvalue weighted by molar-refractivity contribution is 9.10. The van der Waals surface area contributed by atoms with Gasteiger partial charge in [-0.3, -0.25) is 4.57 Å². The van der Waals surface area contributed by atoms with Crippen molar-refractivity contribution in [1.82, 2.24) is 9.55 Å². The van der Waals surface area contributed by atoms with Gasteiger partial charge in [-0.2, -0.15) is 0 Å². The van der Waals surface area contributed by atoms with Gasteiger partial charge in [-0.1, -0.05) is 18.2 Å². The number of alkyl halides is 1. The predicted molar refractivity (Wildman–Crippen MR) is 87.8 cm³/mol. The summed E-state index contributed by atoms with van der Waals surface area (Å²) in [6.07, 6.45) is 0. The molecule has 4 heteroatoms. The third kappa shape index (κ3) is 2.25. The van der Waals surface area contributed by atoms with Crippen LogP contribution in [0.5, 0.6) is 0 Å². The van der Waals surface area contributed by atoms with E-state index in [-0.39, 0.29) is 5.38 Å². The lowest BCUT2D eigenvalue weighted by atomic mass is 10.2. The fourth-order valence-electron chi connectivity index (χ4n) is 2.36. The number of nitrogens with zero attached hydrogens (tertiary/aromatic N) is 2. The number of hydrogen-bond acceptors (Lipinski definition) is 1. The van der Waals surface area contributed by atoms with Gasteiger partial charge in [-0.25, -0.2) is 4.98 Å². The second-order valence-corrected chi connectivity index (χ2v) is 6.37. The maximum Gasteiger partial charge on any atom is 0.132 e. The average molecular weight is 350 g/mol. The molecule has 1 aromatic heterocycles. The molecular formula is C16H14BrClN2. The van der Waals surface area contributed by atoms with Crippen molar-refractivity contribution in [3.63, 3.8) is 0 Å². The number of aryl methyl sites for hydroxylation is 1. The smallest absolute Gasteiger partial charge is 0.132 e. The minimum atomic E-state index is -0.158. The molecule has 0 saturated heterocycles. The summed E-state index contributed by atoms with van der Waals surface area (Å²) in [5, 5.41) is -0.158. The van der Waals surface area contributed by atoms with Crippen LogP contribution in [0.2, 0.25) is 0 Å². The van der Waals surface area contributed by atoms with E-state index in [1.54, 1.807) is 0 Å². The molecule has 0 radical (unpaired) electrons. The van der Waals surface area contributed by atoms with E-state index in [2.05, 4.69) is 51.7 Å². The first-order valence-electron chi connectivity index (χ1n) is 6.46. The molecule has 0 N–H and O–H groups in total. The SMILES string of the molecule is Cc1ccc2c(c1)nc(C(C)Cl)n2-c1ccccc1Br. The summed E-state index contributed by atoms with van der Waals surface area (Å²) in [7, 11) is 0. The zero-order valence-corrected chi connectivity index (χ0v) is 13.6. The van der Waals surface area contributed by atoms with Crippen molar-refractivity contribution in [3.8, 4) is 5.69 Å². The van der Waals surface area contributed by atoms with Crippen LogP contribution in [0, 0.1) is 6.92 Å². The van der Waals surface area contributed by atoms with Gasteiger partial charge in [0.1, 0.15) is 5.82 Å². The van der Waals surface area contributed by atoms with Gasteiger partial charge in [0.15, 0.2) is 0 Å². The molecule has 1 atom stereocenters. The Labute approximate surface area is 131 Å². The highest BCUT2D eigenvalue weighted by Gasteiger charge is 2.17. The number of halogens is 2. The number of fused-ring (bicyclic) bond motifs is 1. The normalized spacial score (nSPS) is 12.8. The number of aromatic nitrogens is 2. The first kappa shape index (κ1) is 13.7. The summed E-state index contributed by atoms with van der Waals surface area (Å²) in [4.78, 5) is 4.70. The maximum atomic E-state index is 6.32. The zero-order chi connectivity index (χ0) is 14.3. The van der Waals surface area contributed by atoms with Crippen molar-refractivity contribution in [1.29, 1.82) is 0 Å². The van der Waals surface area contributed by atoms with E-state index in [1.165, 1.54) is 5.56 Å². The lowest BCUT2D eigenvalue weighted by molar-refractivity contribution is 0.880. The molecule has 2 aromatic carbocycles. The summed E-state index contributed by atoms with van der Waals surface area (Å²) in [5.74, 6) is 0.860. The van der Waals surface area contributed by atoms with Crippen LogP contribution >= 0.6 is 27.5 Å². The van der Waals surface area contributed by atoms with Crippen LogP contribution < -0.4 is 0 Å². The van der Waals surface area contributed by atoms with Gasteiger partial charge < -0.3 is 0 Å². The predicted octanol–water partition coefficient (Wildman–Crippen LogP) is 5.40. The first-order valence-corrected chi connectivity index (χ1v) is 7.69. The van der Waals surface area contributed by atoms with Crippen molar-refractivity contribution in [2.75, 3.05) is 0 Å². The third-order valence-electron chi connectivity index (χ3n) is 3.29. The standard InChI is InChI=1S/C16H14BrClN2/c1-10-7-8-15-13(9-10)19-16(11(2)18)20(15)14-6-4-3-5-12(14)17/h3-9,11H,1-2H3. The fraction of sp³-hybridized carbons (Fsp3) is 0.188. The van der Waals surface area contributed by atoms with Crippen molar-refractivity contribution in [2.45, 2.75) is 19.2 Å². The van der Waals surface area contributed by atoms with Gasteiger partial charge in [-0.15, -0.1) is 11.6 Å². The van der Waals surface area contributed by atoms with Crippen molar-refractivity contribution in [3.05, 3.63) is 58.3 Å². The minimum Gasteiger partial charge on any atom is -0.294 e. The molecular weight excluding hydrogens is 336 g/mol. The van der Waals surface area contributed by atoms with Gasteiger partial charge in [-0.05, 0) is 59.6 Å². The van der Waals surface area contributed by atoms with Crippen molar-refractivity contribution in [2.24, 2.45) is 0 Å². The molecule has 1 unspecified atom stereocenters. The quantitative estimate of drug-likeness (QED) is 0.567. The van der Waals surface area contributed by atoms with Gasteiger partial charge in [0.2, 0.25) is 0 Å². The number of rotatable bonds is 2. The highest BCUT2D eigenvalue weighted by atomic mass is 79.9. The van der Waals surface area contributed by atoms with E-state index in [0.717, 1.165) is 27.0 Å². The molecule has 0 fully saturated rings. The molecule has 102 valence electrons. The largest absolute Gasteiger partial charge is 0.294 e. The molecule has 2 nitrogen and oxygen atoms in total. The van der Waals surface area contributed by atoms with Crippen LogP contribution in [-0.2, 0) is 0 Å². The molecule has 0 aliphatic rings. The molecule has 3 aromatic rings. The van der Waals surface area contributed by atoms with Crippen LogP contribution in [0.1, 0.15) is 23.7 Å². The number of hydrogen-bond donors (Lipinski definition) is 0. The zero-order valence-electron chi connectivity index (χ0n) is 11.3. The summed E-state index contributed by atoms with van der Waals surface area (Å²) in [5.41, 5.74) is 4.30. The Bertz CT molecular complexity index is 777. The molecule has 20 heavy (non-hydrogen) atoms. The van der Waals surface area contributed by atoms with Crippen LogP contribution in [0.15, 0.2) is 46.9 Å². The monoisotopic (exact) mass is 348 g/mol. The molecule has 0 aliphatic heterocycles. The number of imidazole rings is 1. The molecule has 0 amide bonds. The lowest BCUT2D eigenvalue weighted by Gasteiger charge is -2.12. The Hall–Kier alpha value is -1.32. The molecule has 0 saturated carbocycles. The molecule has 1 heterocycles. The molecule has 0 bridgehead atoms. The Morgan fingerprint density at radius 3 is 2.65 bits per heavy atom. The minimum absolute atomic E-state index is 0.158. The lowest BCUT2D eigenvalue weighted by Crippen LogP contribution is -2.02. The van der Waals surface area contributed by atoms with Gasteiger partial charge in [0, 0.05) is 4.47 Å². The van der Waals surface area contributed by atoms with Crippen LogP contribution in [0.25, 0.3) is 16.7 Å². The van der Waals surface area contributed by atoms with Crippen molar-refractivity contribution >= 4 is 38.6 Å². The molecule has 0 aliphatic carbocycles. The van der Waals surface area contributed by atoms with E-state index in [9.17, 15) is 0 Å². The van der Waals surface area contributed by atoms with Crippen LogP contribution in [0.4, 0.5) is 0 Å². The molecule has 0 spiro atoms. The summed E-state index contributed by atoms with van der Waals surface area (Å²) < 4.78 is 3.15. The topological polar surface area (TPSA) is 17.8 Å².